The van der Waals surface area contributed by atoms with Gasteiger partial charge in [0.05, 0.1) is 5.69 Å². The van der Waals surface area contributed by atoms with Crippen LogP contribution in [0.1, 0.15) is 11.1 Å². The lowest BCUT2D eigenvalue weighted by molar-refractivity contribution is 0.708. The molecule has 0 unspecified atom stereocenters. The fourth-order valence-corrected chi connectivity index (χ4v) is 2.79. The number of nitrogens with zero attached hydrogens (tertiary/aromatic N) is 3. The van der Waals surface area contributed by atoms with Gasteiger partial charge in [0.15, 0.2) is 5.65 Å². The Morgan fingerprint density at radius 1 is 1.00 bits per heavy atom. The van der Waals surface area contributed by atoms with Gasteiger partial charge in [-0.3, -0.25) is 13.9 Å². The molecule has 0 atom stereocenters. The van der Waals surface area contributed by atoms with Crippen molar-refractivity contribution in [1.29, 1.82) is 0 Å². The second-order valence-electron chi connectivity index (χ2n) is 5.76. The van der Waals surface area contributed by atoms with Crippen LogP contribution in [0.5, 0.6) is 0 Å². The third kappa shape index (κ3) is 2.52. The molecule has 2 heterocycles. The fraction of sp³-hybridized carbons (Fsp3) is 0.235. The molecule has 6 nitrogen and oxygen atoms in total. The predicted octanol–water partition coefficient (Wildman–Crippen LogP) is 1.99. The Hall–Kier alpha value is -2.89. The lowest BCUT2D eigenvalue weighted by Gasteiger charge is -2.13. The molecule has 0 spiro atoms. The molecule has 2 aromatic heterocycles. The Kier molecular flexibility index (Phi) is 3.52. The minimum absolute atomic E-state index is 0.358. The number of aromatic nitrogens is 3. The first-order valence-corrected chi connectivity index (χ1v) is 7.28. The van der Waals surface area contributed by atoms with E-state index in [1.54, 1.807) is 19.3 Å². The lowest BCUT2D eigenvalue weighted by atomic mass is 10.1. The Labute approximate surface area is 133 Å². The van der Waals surface area contributed by atoms with E-state index in [9.17, 15) is 9.59 Å². The molecule has 1 N–H and O–H groups in total. The van der Waals surface area contributed by atoms with Crippen molar-refractivity contribution in [3.05, 3.63) is 62.4 Å². The van der Waals surface area contributed by atoms with Gasteiger partial charge in [-0.25, -0.2) is 9.78 Å². The summed E-state index contributed by atoms with van der Waals surface area (Å²) in [7, 11) is 3.08. The zero-order valence-electron chi connectivity index (χ0n) is 13.5. The smallest absolute Gasteiger partial charge is 0.332 e. The number of aryl methyl sites for hydroxylation is 3. The first-order chi connectivity index (χ1) is 10.9. The van der Waals surface area contributed by atoms with Crippen LogP contribution in [0.3, 0.4) is 0 Å². The molecule has 0 saturated carbocycles. The minimum Gasteiger partial charge on any atom is -0.355 e. The number of fused-ring (bicyclic) bond motifs is 1. The number of benzene rings is 1. The maximum atomic E-state index is 12.5. The van der Waals surface area contributed by atoms with Crippen LogP contribution in [0.2, 0.25) is 0 Å². The molecular weight excluding hydrogens is 292 g/mol. The topological polar surface area (TPSA) is 68.9 Å². The highest BCUT2D eigenvalue weighted by Gasteiger charge is 2.13. The normalized spacial score (nSPS) is 11.0. The highest BCUT2D eigenvalue weighted by Crippen LogP contribution is 2.23. The first kappa shape index (κ1) is 15.0. The number of hydrogen-bond acceptors (Lipinski definition) is 4. The number of anilines is 2. The minimum atomic E-state index is -0.390. The summed E-state index contributed by atoms with van der Waals surface area (Å²) < 4.78 is 2.47. The van der Waals surface area contributed by atoms with Gasteiger partial charge in [0.2, 0.25) is 0 Å². The zero-order valence-corrected chi connectivity index (χ0v) is 13.5. The Morgan fingerprint density at radius 3 is 2.30 bits per heavy atom. The van der Waals surface area contributed by atoms with E-state index in [2.05, 4.69) is 16.4 Å². The van der Waals surface area contributed by atoms with E-state index in [0.717, 1.165) is 21.4 Å². The molecule has 0 aliphatic heterocycles. The van der Waals surface area contributed by atoms with Gasteiger partial charge in [-0.1, -0.05) is 6.07 Å². The summed E-state index contributed by atoms with van der Waals surface area (Å²) in [5.74, 6) is 0. The van der Waals surface area contributed by atoms with Gasteiger partial charge < -0.3 is 5.32 Å². The molecule has 0 radical (unpaired) electrons. The zero-order chi connectivity index (χ0) is 16.7. The van der Waals surface area contributed by atoms with Crippen LogP contribution in [0.25, 0.3) is 11.0 Å². The summed E-state index contributed by atoms with van der Waals surface area (Å²) in [6.45, 7) is 4.04. The van der Waals surface area contributed by atoms with Gasteiger partial charge in [-0.05, 0) is 43.2 Å². The van der Waals surface area contributed by atoms with Gasteiger partial charge >= 0.3 is 5.69 Å². The average molecular weight is 310 g/mol. The van der Waals surface area contributed by atoms with Crippen molar-refractivity contribution in [2.24, 2.45) is 14.1 Å². The van der Waals surface area contributed by atoms with Gasteiger partial charge in [0.1, 0.15) is 5.39 Å². The fourth-order valence-electron chi connectivity index (χ4n) is 2.79. The van der Waals surface area contributed by atoms with Crippen molar-refractivity contribution >= 4 is 22.4 Å². The van der Waals surface area contributed by atoms with E-state index in [0.29, 0.717) is 16.7 Å². The van der Waals surface area contributed by atoms with E-state index in [-0.39, 0.29) is 5.56 Å². The van der Waals surface area contributed by atoms with Crippen LogP contribution >= 0.6 is 0 Å². The quantitative estimate of drug-likeness (QED) is 0.786. The van der Waals surface area contributed by atoms with Crippen LogP contribution in [-0.4, -0.2) is 14.1 Å². The largest absolute Gasteiger partial charge is 0.355 e. The summed E-state index contributed by atoms with van der Waals surface area (Å²) >= 11 is 0. The predicted molar refractivity (Wildman–Crippen MR) is 91.4 cm³/mol. The second kappa shape index (κ2) is 5.39. The molecule has 6 heteroatoms. The van der Waals surface area contributed by atoms with Crippen LogP contribution in [0.15, 0.2) is 40.1 Å². The van der Waals surface area contributed by atoms with Crippen molar-refractivity contribution in [3.63, 3.8) is 0 Å². The highest BCUT2D eigenvalue weighted by atomic mass is 16.2. The van der Waals surface area contributed by atoms with E-state index in [1.165, 1.54) is 11.6 Å². The number of pyridine rings is 1. The van der Waals surface area contributed by atoms with Crippen molar-refractivity contribution < 1.29 is 0 Å². The maximum absolute atomic E-state index is 12.5. The average Bonchev–Trinajstić information content (AvgIpc) is 2.49. The summed E-state index contributed by atoms with van der Waals surface area (Å²) in [4.78, 5) is 28.7. The van der Waals surface area contributed by atoms with Crippen molar-refractivity contribution in [2.45, 2.75) is 13.8 Å². The van der Waals surface area contributed by atoms with Crippen molar-refractivity contribution in [3.8, 4) is 0 Å². The molecule has 3 aromatic rings. The standard InChI is InChI=1S/C17H18N4O2/c1-10-7-11(2)9-12(8-10)19-13-5-6-18-15-14(13)16(22)21(4)17(23)20(15)3/h5-9H,1-4H3,(H,18,19). The molecule has 118 valence electrons. The van der Waals surface area contributed by atoms with Crippen LogP contribution < -0.4 is 16.6 Å². The summed E-state index contributed by atoms with van der Waals surface area (Å²) in [6, 6.07) is 7.84. The highest BCUT2D eigenvalue weighted by molar-refractivity contribution is 5.90. The van der Waals surface area contributed by atoms with Crippen LogP contribution in [0.4, 0.5) is 11.4 Å². The molecule has 0 saturated heterocycles. The SMILES string of the molecule is Cc1cc(C)cc(Nc2ccnc3c2c(=O)n(C)c(=O)n3C)c1. The molecule has 1 aromatic carbocycles. The second-order valence-corrected chi connectivity index (χ2v) is 5.76. The Morgan fingerprint density at radius 2 is 1.65 bits per heavy atom. The first-order valence-electron chi connectivity index (χ1n) is 7.28. The summed E-state index contributed by atoms with van der Waals surface area (Å²) in [5, 5.41) is 3.67. The monoisotopic (exact) mass is 310 g/mol. The number of rotatable bonds is 2. The Balaban J connectivity index is 2.27. The van der Waals surface area contributed by atoms with Crippen LogP contribution in [0, 0.1) is 13.8 Å². The van der Waals surface area contributed by atoms with E-state index >= 15 is 0 Å². The van der Waals surface area contributed by atoms with Crippen molar-refractivity contribution in [1.82, 2.24) is 14.1 Å². The molecule has 0 fully saturated rings. The van der Waals surface area contributed by atoms with E-state index < -0.39 is 5.69 Å². The molecule has 3 rings (SSSR count). The molecule has 0 amide bonds. The molecule has 0 bridgehead atoms. The van der Waals surface area contributed by atoms with Gasteiger partial charge in [0.25, 0.3) is 5.56 Å². The van der Waals surface area contributed by atoms with Gasteiger partial charge in [-0.2, -0.15) is 0 Å². The number of nitrogens with one attached hydrogen (secondary N) is 1. The lowest BCUT2D eigenvalue weighted by Crippen LogP contribution is -2.37. The molecule has 0 aliphatic carbocycles. The Bertz CT molecular complexity index is 1010. The van der Waals surface area contributed by atoms with Crippen molar-refractivity contribution in [2.75, 3.05) is 5.32 Å². The third-order valence-electron chi connectivity index (χ3n) is 3.84. The molecule has 0 aliphatic rings. The summed E-state index contributed by atoms with van der Waals surface area (Å²) in [5.41, 5.74) is 3.41. The van der Waals surface area contributed by atoms with Gasteiger partial charge in [0, 0.05) is 26.0 Å². The molecule has 23 heavy (non-hydrogen) atoms. The van der Waals surface area contributed by atoms with Gasteiger partial charge in [-0.15, -0.1) is 0 Å². The maximum Gasteiger partial charge on any atom is 0.332 e. The molecular formula is C17H18N4O2. The van der Waals surface area contributed by atoms with Crippen LogP contribution in [-0.2, 0) is 14.1 Å². The number of hydrogen-bond donors (Lipinski definition) is 1. The third-order valence-corrected chi connectivity index (χ3v) is 3.84. The van der Waals surface area contributed by atoms with E-state index in [4.69, 9.17) is 0 Å². The van der Waals surface area contributed by atoms with E-state index in [1.807, 2.05) is 26.0 Å². The summed E-state index contributed by atoms with van der Waals surface area (Å²) in [6.07, 6.45) is 1.59.